The first-order valence-corrected chi connectivity index (χ1v) is 11.5. The van der Waals surface area contributed by atoms with Crippen molar-refractivity contribution in [3.8, 4) is 0 Å². The first kappa shape index (κ1) is 24.5. The van der Waals surface area contributed by atoms with E-state index >= 15 is 0 Å². The molecule has 1 radical (unpaired) electrons. The molecule has 5 nitrogen and oxygen atoms in total. The monoisotopic (exact) mass is 444 g/mol. The van der Waals surface area contributed by atoms with Gasteiger partial charge in [0, 0.05) is 24.7 Å². The van der Waals surface area contributed by atoms with E-state index in [4.69, 9.17) is 9.47 Å². The number of esters is 1. The van der Waals surface area contributed by atoms with Gasteiger partial charge in [0.15, 0.2) is 0 Å². The molecule has 1 saturated heterocycles. The Bertz CT molecular complexity index is 831. The number of morpholine rings is 1. The zero-order valence-electron chi connectivity index (χ0n) is 19.3. The number of rotatable bonds is 3. The van der Waals surface area contributed by atoms with Gasteiger partial charge in [-0.3, -0.25) is 4.79 Å². The molecule has 1 fully saturated rings. The molecular weight excluding hydrogens is 409 g/mol. The minimum atomic E-state index is -0.707. The molecule has 32 heavy (non-hydrogen) atoms. The van der Waals surface area contributed by atoms with Gasteiger partial charge in [-0.1, -0.05) is 32.1 Å². The Morgan fingerprint density at radius 3 is 2.69 bits per heavy atom. The molecule has 0 bridgehead atoms. The van der Waals surface area contributed by atoms with Crippen molar-refractivity contribution in [2.45, 2.75) is 52.2 Å². The van der Waals surface area contributed by atoms with E-state index < -0.39 is 18.2 Å². The van der Waals surface area contributed by atoms with Gasteiger partial charge in [-0.25, -0.2) is 4.39 Å². The average molecular weight is 445 g/mol. The third kappa shape index (κ3) is 7.17. The Kier molecular flexibility index (Phi) is 8.88. The van der Waals surface area contributed by atoms with Crippen LogP contribution in [0.1, 0.15) is 45.6 Å². The minimum absolute atomic E-state index is 0.0198. The number of carbonyl (C=O) groups excluding carboxylic acids is 1. The fraction of sp³-hybridized carbons (Fsp3) is 0.538. The van der Waals surface area contributed by atoms with Crippen LogP contribution in [0, 0.1) is 24.1 Å². The largest absolute Gasteiger partial charge is 0.457 e. The number of anilines is 1. The number of ether oxygens (including phenoxy) is 2. The lowest BCUT2D eigenvalue weighted by atomic mass is 9.93. The summed E-state index contributed by atoms with van der Waals surface area (Å²) in [6, 6.07) is 4.98. The number of carbonyl (C=O) groups is 1. The quantitative estimate of drug-likeness (QED) is 0.693. The highest BCUT2D eigenvalue weighted by atomic mass is 19.1. The maximum atomic E-state index is 14.4. The smallest absolute Gasteiger partial charge is 0.309 e. The highest BCUT2D eigenvalue weighted by Gasteiger charge is 2.24. The van der Waals surface area contributed by atoms with Crippen LogP contribution in [0.15, 0.2) is 35.9 Å². The average Bonchev–Trinajstić information content (AvgIpc) is 2.75. The number of benzene rings is 1. The van der Waals surface area contributed by atoms with Gasteiger partial charge in [0.1, 0.15) is 11.9 Å². The van der Waals surface area contributed by atoms with Crippen LogP contribution in [0.4, 0.5) is 10.1 Å². The van der Waals surface area contributed by atoms with Crippen molar-refractivity contribution in [2.75, 3.05) is 31.2 Å². The van der Waals surface area contributed by atoms with Gasteiger partial charge in [-0.2, -0.15) is 0 Å². The van der Waals surface area contributed by atoms with Crippen molar-refractivity contribution in [2.24, 2.45) is 11.8 Å². The van der Waals surface area contributed by atoms with Crippen LogP contribution in [-0.4, -0.2) is 49.6 Å². The molecule has 0 unspecified atom stereocenters. The normalized spacial score (nSPS) is 29.6. The Morgan fingerprint density at radius 1 is 1.19 bits per heavy atom. The number of aliphatic hydroxyl groups excluding tert-OH is 1. The van der Waals surface area contributed by atoms with Crippen molar-refractivity contribution >= 4 is 17.7 Å². The molecule has 0 aliphatic carbocycles. The Morgan fingerprint density at radius 2 is 1.94 bits per heavy atom. The molecule has 2 aliphatic rings. The van der Waals surface area contributed by atoms with Crippen molar-refractivity contribution in [1.82, 2.24) is 0 Å². The maximum absolute atomic E-state index is 14.4. The van der Waals surface area contributed by atoms with E-state index in [0.717, 1.165) is 36.3 Å². The molecule has 1 aromatic carbocycles. The van der Waals surface area contributed by atoms with E-state index in [1.807, 2.05) is 38.1 Å². The summed E-state index contributed by atoms with van der Waals surface area (Å²) in [6.07, 6.45) is 8.20. The predicted octanol–water partition coefficient (Wildman–Crippen LogP) is 4.55. The van der Waals surface area contributed by atoms with Gasteiger partial charge in [-0.05, 0) is 61.4 Å². The van der Waals surface area contributed by atoms with Gasteiger partial charge in [0.25, 0.3) is 0 Å². The number of cyclic esters (lactones) is 1. The summed E-state index contributed by atoms with van der Waals surface area (Å²) in [4.78, 5) is 14.6. The zero-order chi connectivity index (χ0) is 23.1. The second kappa shape index (κ2) is 11.6. The van der Waals surface area contributed by atoms with E-state index in [2.05, 4.69) is 18.2 Å². The molecule has 175 valence electrons. The minimum Gasteiger partial charge on any atom is -0.457 e. The molecule has 0 aromatic heterocycles. The molecule has 2 aliphatic heterocycles. The molecule has 3 rings (SSSR count). The lowest BCUT2D eigenvalue weighted by Crippen LogP contribution is -2.36. The number of allylic oxidation sites excluding steroid dienone is 1. The molecule has 6 heteroatoms. The molecule has 0 saturated carbocycles. The maximum Gasteiger partial charge on any atom is 0.309 e. The lowest BCUT2D eigenvalue weighted by Gasteiger charge is -2.29. The van der Waals surface area contributed by atoms with Crippen LogP contribution in [0.2, 0.25) is 0 Å². The van der Waals surface area contributed by atoms with E-state index in [1.54, 1.807) is 0 Å². The first-order chi connectivity index (χ1) is 15.3. The van der Waals surface area contributed by atoms with E-state index in [1.165, 1.54) is 12.1 Å². The van der Waals surface area contributed by atoms with Crippen molar-refractivity contribution in [3.63, 3.8) is 0 Å². The van der Waals surface area contributed by atoms with E-state index in [9.17, 15) is 14.3 Å². The third-order valence-corrected chi connectivity index (χ3v) is 6.07. The highest BCUT2D eigenvalue weighted by molar-refractivity contribution is 5.71. The Labute approximate surface area is 190 Å². The number of nitrogens with zero attached hydrogens (tertiary/aromatic N) is 1. The zero-order valence-corrected chi connectivity index (χ0v) is 19.3. The molecule has 1 N–H and O–H groups in total. The summed E-state index contributed by atoms with van der Waals surface area (Å²) in [7, 11) is 0. The van der Waals surface area contributed by atoms with Crippen LogP contribution in [0.5, 0.6) is 0 Å². The van der Waals surface area contributed by atoms with Crippen molar-refractivity contribution in [3.05, 3.63) is 53.7 Å². The van der Waals surface area contributed by atoms with Gasteiger partial charge in [0.05, 0.1) is 25.7 Å². The number of hydrogen-bond acceptors (Lipinski definition) is 5. The predicted molar refractivity (Wildman–Crippen MR) is 125 cm³/mol. The molecule has 4 atom stereocenters. The Balaban J connectivity index is 1.84. The molecule has 2 heterocycles. The van der Waals surface area contributed by atoms with Crippen molar-refractivity contribution < 1.29 is 23.8 Å². The molecule has 1 aromatic rings. The van der Waals surface area contributed by atoms with E-state index in [-0.39, 0.29) is 18.2 Å². The summed E-state index contributed by atoms with van der Waals surface area (Å²) in [5.74, 6) is -0.462. The summed E-state index contributed by atoms with van der Waals surface area (Å²) < 4.78 is 25.6. The topological polar surface area (TPSA) is 59.0 Å². The summed E-state index contributed by atoms with van der Waals surface area (Å²) in [5, 5.41) is 10.2. The van der Waals surface area contributed by atoms with E-state index in [0.29, 0.717) is 25.6 Å². The second-order valence-electron chi connectivity index (χ2n) is 8.99. The summed E-state index contributed by atoms with van der Waals surface area (Å²) in [6.45, 7) is 8.71. The van der Waals surface area contributed by atoms with Gasteiger partial charge in [-0.15, -0.1) is 0 Å². The van der Waals surface area contributed by atoms with Gasteiger partial charge in [0.2, 0.25) is 0 Å². The highest BCUT2D eigenvalue weighted by Crippen LogP contribution is 2.26. The summed E-state index contributed by atoms with van der Waals surface area (Å²) >= 11 is 0. The van der Waals surface area contributed by atoms with Crippen LogP contribution >= 0.6 is 0 Å². The summed E-state index contributed by atoms with van der Waals surface area (Å²) in [5.41, 5.74) is 2.37. The van der Waals surface area contributed by atoms with Crippen LogP contribution < -0.4 is 4.90 Å². The van der Waals surface area contributed by atoms with Gasteiger partial charge < -0.3 is 19.5 Å². The molecular formula is C26H35FNO4. The first-order valence-electron chi connectivity index (χ1n) is 11.5. The van der Waals surface area contributed by atoms with Crippen LogP contribution in [0.25, 0.3) is 6.08 Å². The van der Waals surface area contributed by atoms with Gasteiger partial charge >= 0.3 is 5.97 Å². The van der Waals surface area contributed by atoms with Crippen LogP contribution in [-0.2, 0) is 14.3 Å². The standard InChI is InChI=1S/C26H35FNO4/c1-18-5-4-6-19(2)26(32-25(30)17-24(29)8-7-18)20(3)13-21-14-22(27)16-23(15-21)28-9-11-31-12-10-28/h4-6,13-16,18-19,24,26,29H,7-12,17H2,1-3H3/b6-4+,20-13+/t18-,19+,24-,26+/m0/s1. The van der Waals surface area contributed by atoms with Crippen molar-refractivity contribution in [1.29, 1.82) is 0 Å². The number of hydrogen-bond donors (Lipinski definition) is 1. The SMILES string of the molecule is C/C(=C\c1cc(F)cc(N2CCOCC2)c1)[C@@H]1OC(=O)C[C@@H](O)CC[C@@H](C)[CH]/C=C/[C@H]1C. The number of aliphatic hydroxyl groups is 1. The molecule has 0 amide bonds. The number of halogens is 1. The van der Waals surface area contributed by atoms with Crippen LogP contribution in [0.3, 0.4) is 0 Å². The molecule has 0 spiro atoms. The fourth-order valence-electron chi connectivity index (χ4n) is 4.21. The third-order valence-electron chi connectivity index (χ3n) is 6.07. The second-order valence-corrected chi connectivity index (χ2v) is 8.99. The Hall–Kier alpha value is -2.18. The lowest BCUT2D eigenvalue weighted by molar-refractivity contribution is -0.151. The fourth-order valence-corrected chi connectivity index (χ4v) is 4.21.